The van der Waals surface area contributed by atoms with Gasteiger partial charge in [0.15, 0.2) is 0 Å². The van der Waals surface area contributed by atoms with E-state index in [0.717, 1.165) is 28.7 Å². The topological polar surface area (TPSA) is 69.6 Å². The van der Waals surface area contributed by atoms with Gasteiger partial charge in [-0.2, -0.15) is 13.2 Å². The molecule has 0 atom stereocenters. The number of hydrogen-bond acceptors (Lipinski definition) is 4. The number of ether oxygens (including phenoxy) is 1. The van der Waals surface area contributed by atoms with Crippen molar-refractivity contribution in [3.8, 4) is 16.3 Å². The number of primary amides is 1. The molecular formula is C20H14F3N3O2S. The number of alkyl halides is 3. The fourth-order valence-corrected chi connectivity index (χ4v) is 3.93. The molecule has 0 radical (unpaired) electrons. The van der Waals surface area contributed by atoms with Crippen LogP contribution in [0.3, 0.4) is 0 Å². The summed E-state index contributed by atoms with van der Waals surface area (Å²) in [7, 11) is 0. The molecule has 0 bridgehead atoms. The lowest BCUT2D eigenvalue weighted by molar-refractivity contribution is -0.138. The van der Waals surface area contributed by atoms with Crippen LogP contribution in [0.1, 0.15) is 20.8 Å². The van der Waals surface area contributed by atoms with Gasteiger partial charge in [0.1, 0.15) is 22.9 Å². The van der Waals surface area contributed by atoms with Crippen molar-refractivity contribution < 1.29 is 22.7 Å². The largest absolute Gasteiger partial charge is 0.487 e. The number of imidazole rings is 1. The van der Waals surface area contributed by atoms with Crippen LogP contribution in [0.25, 0.3) is 16.2 Å². The number of amides is 1. The van der Waals surface area contributed by atoms with Crippen molar-refractivity contribution in [3.63, 3.8) is 0 Å². The molecule has 9 heteroatoms. The van der Waals surface area contributed by atoms with Crippen molar-refractivity contribution in [2.24, 2.45) is 5.73 Å². The van der Waals surface area contributed by atoms with Crippen molar-refractivity contribution in [3.05, 3.63) is 76.9 Å². The molecule has 5 nitrogen and oxygen atoms in total. The maximum absolute atomic E-state index is 13.2. The van der Waals surface area contributed by atoms with E-state index in [1.807, 2.05) is 28.8 Å². The molecule has 0 fully saturated rings. The molecule has 1 amide bonds. The zero-order valence-corrected chi connectivity index (χ0v) is 15.6. The number of nitrogens with zero attached hydrogens (tertiary/aromatic N) is 2. The third-order valence-corrected chi connectivity index (χ3v) is 5.45. The Kier molecular flexibility index (Phi) is 4.75. The molecular weight excluding hydrogens is 403 g/mol. The van der Waals surface area contributed by atoms with Gasteiger partial charge in [-0.1, -0.05) is 24.3 Å². The smallest absolute Gasteiger partial charge is 0.416 e. The van der Waals surface area contributed by atoms with Crippen molar-refractivity contribution in [2.45, 2.75) is 12.8 Å². The number of hydrogen-bond donors (Lipinski definition) is 1. The average molecular weight is 417 g/mol. The van der Waals surface area contributed by atoms with Crippen LogP contribution >= 0.6 is 11.3 Å². The van der Waals surface area contributed by atoms with Gasteiger partial charge >= 0.3 is 6.18 Å². The van der Waals surface area contributed by atoms with E-state index in [0.29, 0.717) is 4.88 Å². The molecule has 0 aliphatic heterocycles. The highest BCUT2D eigenvalue weighted by Crippen LogP contribution is 2.38. The molecule has 2 N–H and O–H groups in total. The Hall–Kier alpha value is -3.33. The summed E-state index contributed by atoms with van der Waals surface area (Å²) >= 11 is 1.10. The second kappa shape index (κ2) is 7.25. The summed E-state index contributed by atoms with van der Waals surface area (Å²) in [5.41, 5.74) is 6.08. The molecule has 1 aromatic carbocycles. The van der Waals surface area contributed by atoms with Crippen LogP contribution in [0, 0.1) is 0 Å². The Bertz CT molecular complexity index is 1200. The number of carbonyl (C=O) groups excluding carboxylic acids is 1. The predicted molar refractivity (Wildman–Crippen MR) is 103 cm³/mol. The SMILES string of the molecule is NC(=O)c1sc(-c2cnc3ccccn23)cc1OCc1ccccc1C(F)(F)F. The Morgan fingerprint density at radius 3 is 2.69 bits per heavy atom. The van der Waals surface area contributed by atoms with Gasteiger partial charge in [0.05, 0.1) is 22.3 Å². The van der Waals surface area contributed by atoms with Crippen molar-refractivity contribution >= 4 is 22.9 Å². The number of nitrogens with two attached hydrogens (primary N) is 1. The minimum Gasteiger partial charge on any atom is -0.487 e. The molecule has 0 saturated carbocycles. The first-order valence-electron chi connectivity index (χ1n) is 8.48. The molecule has 148 valence electrons. The van der Waals surface area contributed by atoms with Crippen LogP contribution in [0.2, 0.25) is 0 Å². The fourth-order valence-electron chi connectivity index (χ4n) is 2.97. The Morgan fingerprint density at radius 1 is 1.17 bits per heavy atom. The normalized spacial score (nSPS) is 11.7. The second-order valence-corrected chi connectivity index (χ2v) is 7.24. The first-order chi connectivity index (χ1) is 13.8. The summed E-state index contributed by atoms with van der Waals surface area (Å²) in [6.07, 6.45) is -1.03. The summed E-state index contributed by atoms with van der Waals surface area (Å²) in [6.45, 7) is -0.348. The zero-order valence-electron chi connectivity index (χ0n) is 14.8. The van der Waals surface area contributed by atoms with E-state index < -0.39 is 17.6 Å². The van der Waals surface area contributed by atoms with Gasteiger partial charge in [-0.05, 0) is 18.2 Å². The average Bonchev–Trinajstić information content (AvgIpc) is 3.30. The van der Waals surface area contributed by atoms with E-state index >= 15 is 0 Å². The summed E-state index contributed by atoms with van der Waals surface area (Å²) in [5.74, 6) is -0.575. The summed E-state index contributed by atoms with van der Waals surface area (Å²) < 4.78 is 47.0. The first kappa shape index (κ1) is 19.0. The number of carbonyl (C=O) groups is 1. The zero-order chi connectivity index (χ0) is 20.6. The van der Waals surface area contributed by atoms with E-state index in [4.69, 9.17) is 10.5 Å². The second-order valence-electron chi connectivity index (χ2n) is 6.18. The number of thiophene rings is 1. The van der Waals surface area contributed by atoms with Crippen LogP contribution in [-0.2, 0) is 12.8 Å². The third-order valence-electron chi connectivity index (χ3n) is 4.30. The first-order valence-corrected chi connectivity index (χ1v) is 9.30. The van der Waals surface area contributed by atoms with Crippen molar-refractivity contribution in [1.82, 2.24) is 9.38 Å². The Labute approximate surface area is 167 Å². The summed E-state index contributed by atoms with van der Waals surface area (Å²) in [4.78, 5) is 17.0. The van der Waals surface area contributed by atoms with Crippen molar-refractivity contribution in [2.75, 3.05) is 0 Å². The minimum absolute atomic E-state index is 0.0297. The van der Waals surface area contributed by atoms with Crippen LogP contribution in [0.15, 0.2) is 60.9 Å². The Balaban J connectivity index is 1.68. The quantitative estimate of drug-likeness (QED) is 0.509. The van der Waals surface area contributed by atoms with Crippen LogP contribution in [0.4, 0.5) is 13.2 Å². The van der Waals surface area contributed by atoms with Gasteiger partial charge in [0, 0.05) is 17.8 Å². The lowest BCUT2D eigenvalue weighted by atomic mass is 10.1. The summed E-state index contributed by atoms with van der Waals surface area (Å²) in [5, 5.41) is 0. The van der Waals surface area contributed by atoms with E-state index in [2.05, 4.69) is 4.98 Å². The third kappa shape index (κ3) is 3.68. The minimum atomic E-state index is -4.50. The monoisotopic (exact) mass is 417 g/mol. The van der Waals surface area contributed by atoms with Crippen molar-refractivity contribution in [1.29, 1.82) is 0 Å². The maximum atomic E-state index is 13.2. The number of fused-ring (bicyclic) bond motifs is 1. The molecule has 3 heterocycles. The van der Waals surface area contributed by atoms with Gasteiger partial charge < -0.3 is 10.5 Å². The van der Waals surface area contributed by atoms with Gasteiger partial charge in [-0.25, -0.2) is 4.98 Å². The van der Waals surface area contributed by atoms with E-state index in [1.54, 1.807) is 12.3 Å². The Morgan fingerprint density at radius 2 is 1.93 bits per heavy atom. The molecule has 4 rings (SSSR count). The van der Waals surface area contributed by atoms with Crippen LogP contribution in [0.5, 0.6) is 5.75 Å². The number of pyridine rings is 1. The standard InChI is InChI=1S/C20H14F3N3O2S/c21-20(22,23)13-6-2-1-5-12(13)11-28-15-9-16(29-18(15)19(24)27)14-10-25-17-7-3-4-8-26(14)17/h1-10H,11H2,(H2,24,27). The van der Waals surface area contributed by atoms with Gasteiger partial charge in [-0.3, -0.25) is 9.20 Å². The van der Waals surface area contributed by atoms with Gasteiger partial charge in [0.25, 0.3) is 5.91 Å². The lowest BCUT2D eigenvalue weighted by Crippen LogP contribution is -2.13. The molecule has 0 aliphatic rings. The van der Waals surface area contributed by atoms with E-state index in [-0.39, 0.29) is 22.8 Å². The summed E-state index contributed by atoms with van der Waals surface area (Å²) in [6, 6.07) is 12.3. The van der Waals surface area contributed by atoms with Crippen LogP contribution < -0.4 is 10.5 Å². The van der Waals surface area contributed by atoms with Gasteiger partial charge in [0.2, 0.25) is 0 Å². The van der Waals surface area contributed by atoms with Gasteiger partial charge in [-0.15, -0.1) is 11.3 Å². The lowest BCUT2D eigenvalue weighted by Gasteiger charge is -2.13. The van der Waals surface area contributed by atoms with E-state index in [1.165, 1.54) is 18.2 Å². The number of aromatic nitrogens is 2. The highest BCUT2D eigenvalue weighted by Gasteiger charge is 2.33. The molecule has 0 spiro atoms. The number of benzene rings is 1. The maximum Gasteiger partial charge on any atom is 0.416 e. The molecule has 0 aliphatic carbocycles. The fraction of sp³-hybridized carbons (Fsp3) is 0.100. The highest BCUT2D eigenvalue weighted by atomic mass is 32.1. The number of halogens is 3. The molecule has 0 unspecified atom stereocenters. The molecule has 3 aromatic heterocycles. The number of rotatable bonds is 5. The predicted octanol–water partition coefficient (Wildman–Crippen LogP) is 4.76. The molecule has 4 aromatic rings. The highest BCUT2D eigenvalue weighted by molar-refractivity contribution is 7.17. The van der Waals surface area contributed by atoms with E-state index in [9.17, 15) is 18.0 Å². The molecule has 0 saturated heterocycles. The molecule has 29 heavy (non-hydrogen) atoms. The van der Waals surface area contributed by atoms with Crippen LogP contribution in [-0.4, -0.2) is 15.3 Å².